The topological polar surface area (TPSA) is 37.4 Å². The standard InChI is InChI=1S/C14H23N3OS/c1-3-15-10(2)13-7-16-14(19-13)12-8-17-6-4-5-11(17)9-18-12/h7,10-12,15H,3-6,8-9H2,1-2H3. The molecule has 19 heavy (non-hydrogen) atoms. The van der Waals surface area contributed by atoms with E-state index in [-0.39, 0.29) is 6.10 Å². The zero-order chi connectivity index (χ0) is 13.2. The molecule has 5 heteroatoms. The number of aromatic nitrogens is 1. The van der Waals surface area contributed by atoms with Crippen LogP contribution in [0.15, 0.2) is 6.20 Å². The van der Waals surface area contributed by atoms with E-state index in [1.165, 1.54) is 24.3 Å². The first-order valence-corrected chi connectivity index (χ1v) is 8.14. The molecule has 0 aromatic carbocycles. The molecule has 2 fully saturated rings. The van der Waals surface area contributed by atoms with Crippen molar-refractivity contribution in [2.24, 2.45) is 0 Å². The van der Waals surface area contributed by atoms with Crippen LogP contribution in [0.4, 0.5) is 0 Å². The lowest BCUT2D eigenvalue weighted by molar-refractivity contribution is -0.0502. The van der Waals surface area contributed by atoms with Gasteiger partial charge in [0.25, 0.3) is 0 Å². The van der Waals surface area contributed by atoms with Crippen LogP contribution in [-0.2, 0) is 4.74 Å². The predicted molar refractivity (Wildman–Crippen MR) is 77.5 cm³/mol. The summed E-state index contributed by atoms with van der Waals surface area (Å²) >= 11 is 1.80. The third-order valence-electron chi connectivity index (χ3n) is 4.14. The maximum absolute atomic E-state index is 6.02. The average molecular weight is 281 g/mol. The minimum Gasteiger partial charge on any atom is -0.368 e. The Kier molecular flexibility index (Phi) is 4.17. The molecule has 3 heterocycles. The molecule has 0 bridgehead atoms. The van der Waals surface area contributed by atoms with Gasteiger partial charge < -0.3 is 10.1 Å². The molecule has 106 valence electrons. The Morgan fingerprint density at radius 3 is 3.37 bits per heavy atom. The number of nitrogens with one attached hydrogen (secondary N) is 1. The van der Waals surface area contributed by atoms with Gasteiger partial charge in [0.15, 0.2) is 0 Å². The fourth-order valence-corrected chi connectivity index (χ4v) is 4.01. The van der Waals surface area contributed by atoms with E-state index in [1.54, 1.807) is 11.3 Å². The summed E-state index contributed by atoms with van der Waals surface area (Å²) in [6, 6.07) is 1.05. The maximum Gasteiger partial charge on any atom is 0.123 e. The molecule has 2 aliphatic heterocycles. The number of morpholine rings is 1. The molecule has 3 unspecified atom stereocenters. The summed E-state index contributed by atoms with van der Waals surface area (Å²) in [6.07, 6.45) is 4.81. The van der Waals surface area contributed by atoms with Crippen molar-refractivity contribution in [1.82, 2.24) is 15.2 Å². The van der Waals surface area contributed by atoms with Crippen LogP contribution >= 0.6 is 11.3 Å². The van der Waals surface area contributed by atoms with Crippen molar-refractivity contribution >= 4 is 11.3 Å². The highest BCUT2D eigenvalue weighted by Gasteiger charge is 2.34. The molecule has 1 N–H and O–H groups in total. The molecule has 2 aliphatic rings. The van der Waals surface area contributed by atoms with Crippen LogP contribution in [0.5, 0.6) is 0 Å². The van der Waals surface area contributed by atoms with Crippen molar-refractivity contribution in [3.8, 4) is 0 Å². The van der Waals surface area contributed by atoms with Crippen molar-refractivity contribution < 1.29 is 4.74 Å². The van der Waals surface area contributed by atoms with E-state index in [9.17, 15) is 0 Å². The molecule has 2 saturated heterocycles. The summed E-state index contributed by atoms with van der Waals surface area (Å²) in [4.78, 5) is 8.47. The van der Waals surface area contributed by atoms with Crippen LogP contribution in [0.25, 0.3) is 0 Å². The fourth-order valence-electron chi connectivity index (χ4n) is 3.02. The van der Waals surface area contributed by atoms with Crippen molar-refractivity contribution in [2.45, 2.75) is 44.9 Å². The van der Waals surface area contributed by atoms with Crippen molar-refractivity contribution in [2.75, 3.05) is 26.2 Å². The summed E-state index contributed by atoms with van der Waals surface area (Å²) in [5.41, 5.74) is 0. The zero-order valence-corrected chi connectivity index (χ0v) is 12.6. The smallest absolute Gasteiger partial charge is 0.123 e. The highest BCUT2D eigenvalue weighted by molar-refractivity contribution is 7.11. The quantitative estimate of drug-likeness (QED) is 0.919. The van der Waals surface area contributed by atoms with Gasteiger partial charge in [0.05, 0.1) is 6.61 Å². The summed E-state index contributed by atoms with van der Waals surface area (Å²) in [5, 5.41) is 4.58. The number of fused-ring (bicyclic) bond motifs is 1. The van der Waals surface area contributed by atoms with E-state index in [4.69, 9.17) is 4.74 Å². The van der Waals surface area contributed by atoms with Gasteiger partial charge in [-0.3, -0.25) is 4.90 Å². The summed E-state index contributed by atoms with van der Waals surface area (Å²) < 4.78 is 6.02. The Hall–Kier alpha value is -0.490. The molecule has 0 radical (unpaired) electrons. The Morgan fingerprint density at radius 2 is 2.53 bits per heavy atom. The van der Waals surface area contributed by atoms with Crippen molar-refractivity contribution in [3.63, 3.8) is 0 Å². The second kappa shape index (κ2) is 5.87. The van der Waals surface area contributed by atoms with E-state index in [2.05, 4.69) is 29.0 Å². The highest BCUT2D eigenvalue weighted by atomic mass is 32.1. The van der Waals surface area contributed by atoms with Crippen molar-refractivity contribution in [3.05, 3.63) is 16.1 Å². The number of hydrogen-bond acceptors (Lipinski definition) is 5. The second-order valence-electron chi connectivity index (χ2n) is 5.49. The van der Waals surface area contributed by atoms with Gasteiger partial charge in [-0.1, -0.05) is 6.92 Å². The zero-order valence-electron chi connectivity index (χ0n) is 11.8. The highest BCUT2D eigenvalue weighted by Crippen LogP contribution is 2.33. The van der Waals surface area contributed by atoms with Crippen LogP contribution < -0.4 is 5.32 Å². The Bertz CT molecular complexity index is 423. The molecular weight excluding hydrogens is 258 g/mol. The number of ether oxygens (including phenoxy) is 1. The molecular formula is C14H23N3OS. The molecule has 3 rings (SSSR count). The van der Waals surface area contributed by atoms with Gasteiger partial charge in [-0.05, 0) is 32.9 Å². The molecule has 0 saturated carbocycles. The van der Waals surface area contributed by atoms with Crippen LogP contribution in [0.2, 0.25) is 0 Å². The third-order valence-corrected chi connectivity index (χ3v) is 5.42. The summed E-state index contributed by atoms with van der Waals surface area (Å²) in [6.45, 7) is 8.45. The number of hydrogen-bond donors (Lipinski definition) is 1. The van der Waals surface area contributed by atoms with E-state index in [1.807, 2.05) is 6.20 Å². The number of thiazole rings is 1. The van der Waals surface area contributed by atoms with E-state index in [0.29, 0.717) is 12.1 Å². The van der Waals surface area contributed by atoms with Crippen LogP contribution in [0, 0.1) is 0 Å². The van der Waals surface area contributed by atoms with Gasteiger partial charge in [-0.2, -0.15) is 0 Å². The van der Waals surface area contributed by atoms with Crippen LogP contribution in [0.1, 0.15) is 48.7 Å². The molecule has 1 aromatic rings. The molecule has 0 aliphatic carbocycles. The lowest BCUT2D eigenvalue weighted by atomic mass is 10.2. The lowest BCUT2D eigenvalue weighted by Crippen LogP contribution is -2.42. The first kappa shape index (κ1) is 13.5. The van der Waals surface area contributed by atoms with E-state index < -0.39 is 0 Å². The first-order chi connectivity index (χ1) is 9.28. The number of rotatable bonds is 4. The molecule has 0 spiro atoms. The summed E-state index contributed by atoms with van der Waals surface area (Å²) in [5.74, 6) is 0. The minimum absolute atomic E-state index is 0.182. The maximum atomic E-state index is 6.02. The fraction of sp³-hybridized carbons (Fsp3) is 0.786. The van der Waals surface area contributed by atoms with Gasteiger partial charge in [0.2, 0.25) is 0 Å². The Balaban J connectivity index is 1.66. The van der Waals surface area contributed by atoms with Gasteiger partial charge >= 0.3 is 0 Å². The van der Waals surface area contributed by atoms with E-state index >= 15 is 0 Å². The van der Waals surface area contributed by atoms with E-state index in [0.717, 1.165) is 24.7 Å². The Morgan fingerprint density at radius 1 is 1.63 bits per heavy atom. The molecule has 4 nitrogen and oxygen atoms in total. The SMILES string of the molecule is CCNC(C)c1cnc(C2CN3CCCC3CO2)s1. The van der Waals surface area contributed by atoms with Gasteiger partial charge in [0, 0.05) is 29.7 Å². The third kappa shape index (κ3) is 2.84. The van der Waals surface area contributed by atoms with Crippen molar-refractivity contribution in [1.29, 1.82) is 0 Å². The average Bonchev–Trinajstić information content (AvgIpc) is 3.07. The van der Waals surface area contributed by atoms with Gasteiger partial charge in [0.1, 0.15) is 11.1 Å². The Labute approximate surface area is 119 Å². The normalized spacial score (nSPS) is 29.4. The van der Waals surface area contributed by atoms with Crippen LogP contribution in [0.3, 0.4) is 0 Å². The molecule has 1 aromatic heterocycles. The predicted octanol–water partition coefficient (Wildman–Crippen LogP) is 2.35. The number of nitrogens with zero attached hydrogens (tertiary/aromatic N) is 2. The summed E-state index contributed by atoms with van der Waals surface area (Å²) in [7, 11) is 0. The van der Waals surface area contributed by atoms with Crippen LogP contribution in [-0.4, -0.2) is 42.2 Å². The van der Waals surface area contributed by atoms with Gasteiger partial charge in [-0.15, -0.1) is 11.3 Å². The second-order valence-corrected chi connectivity index (χ2v) is 6.59. The molecule has 3 atom stereocenters. The van der Waals surface area contributed by atoms with Gasteiger partial charge in [-0.25, -0.2) is 4.98 Å². The molecule has 0 amide bonds. The largest absolute Gasteiger partial charge is 0.368 e. The monoisotopic (exact) mass is 281 g/mol. The first-order valence-electron chi connectivity index (χ1n) is 7.32. The minimum atomic E-state index is 0.182. The lowest BCUT2D eigenvalue weighted by Gasteiger charge is -2.34.